The third kappa shape index (κ3) is 2.86. The fraction of sp³-hybridized carbons (Fsp3) is 0.250. The third-order valence-corrected chi connectivity index (χ3v) is 4.30. The van der Waals surface area contributed by atoms with E-state index in [2.05, 4.69) is 46.5 Å². The van der Waals surface area contributed by atoms with Crippen molar-refractivity contribution in [2.24, 2.45) is 0 Å². The lowest BCUT2D eigenvalue weighted by molar-refractivity contribution is 0.517. The highest BCUT2D eigenvalue weighted by Crippen LogP contribution is 2.20. The van der Waals surface area contributed by atoms with Gasteiger partial charge in [0.15, 0.2) is 0 Å². The summed E-state index contributed by atoms with van der Waals surface area (Å²) in [6.45, 7) is 3.04. The number of aromatic nitrogens is 2. The minimum absolute atomic E-state index is 0.336. The van der Waals surface area contributed by atoms with Gasteiger partial charge in [0.05, 0.1) is 6.04 Å². The van der Waals surface area contributed by atoms with Crippen LogP contribution >= 0.6 is 11.3 Å². The predicted molar refractivity (Wildman–Crippen MR) is 83.7 cm³/mol. The number of hydrogen-bond acceptors (Lipinski definition) is 4. The lowest BCUT2D eigenvalue weighted by Crippen LogP contribution is -2.20. The monoisotopic (exact) mass is 283 g/mol. The van der Waals surface area contributed by atoms with Crippen LogP contribution in [0.2, 0.25) is 0 Å². The van der Waals surface area contributed by atoms with Gasteiger partial charge in [0.1, 0.15) is 5.01 Å². The molecule has 1 unspecified atom stereocenters. The van der Waals surface area contributed by atoms with Crippen molar-refractivity contribution in [1.82, 2.24) is 15.3 Å². The molecule has 0 radical (unpaired) electrons. The maximum Gasteiger partial charge on any atom is 0.109 e. The summed E-state index contributed by atoms with van der Waals surface area (Å²) >= 11 is 1.71. The van der Waals surface area contributed by atoms with Crippen molar-refractivity contribution in [1.29, 1.82) is 0 Å². The largest absolute Gasteiger partial charge is 0.304 e. The zero-order valence-electron chi connectivity index (χ0n) is 11.4. The highest BCUT2D eigenvalue weighted by Gasteiger charge is 2.10. The van der Waals surface area contributed by atoms with Crippen LogP contribution in [0.1, 0.15) is 30.0 Å². The van der Waals surface area contributed by atoms with Gasteiger partial charge in [-0.25, -0.2) is 4.98 Å². The molecule has 0 amide bonds. The summed E-state index contributed by atoms with van der Waals surface area (Å²) in [6.07, 6.45) is 6.65. The Morgan fingerprint density at radius 3 is 2.95 bits per heavy atom. The molecule has 3 nitrogen and oxygen atoms in total. The normalized spacial score (nSPS) is 12.7. The van der Waals surface area contributed by atoms with Gasteiger partial charge in [-0.15, -0.1) is 11.3 Å². The first kappa shape index (κ1) is 13.2. The summed E-state index contributed by atoms with van der Waals surface area (Å²) in [5.41, 5.74) is 1.29. The van der Waals surface area contributed by atoms with E-state index < -0.39 is 0 Å². The Kier molecular flexibility index (Phi) is 4.04. The van der Waals surface area contributed by atoms with E-state index in [0.29, 0.717) is 6.04 Å². The lowest BCUT2D eigenvalue weighted by atomic mass is 10.1. The number of benzene rings is 1. The van der Waals surface area contributed by atoms with Crippen LogP contribution < -0.4 is 5.32 Å². The van der Waals surface area contributed by atoms with E-state index in [1.54, 1.807) is 11.3 Å². The zero-order valence-corrected chi connectivity index (χ0v) is 12.2. The van der Waals surface area contributed by atoms with E-state index in [-0.39, 0.29) is 0 Å². The quantitative estimate of drug-likeness (QED) is 0.771. The highest BCUT2D eigenvalue weighted by molar-refractivity contribution is 7.09. The molecule has 0 spiro atoms. The number of nitrogens with zero attached hydrogens (tertiary/aromatic N) is 2. The molecule has 0 fully saturated rings. The molecule has 3 aromatic rings. The molecule has 0 saturated carbocycles. The summed E-state index contributed by atoms with van der Waals surface area (Å²) in [4.78, 5) is 8.54. The van der Waals surface area contributed by atoms with Crippen LogP contribution in [0.25, 0.3) is 10.8 Å². The van der Waals surface area contributed by atoms with Crippen molar-refractivity contribution in [2.45, 2.75) is 25.9 Å². The van der Waals surface area contributed by atoms with E-state index in [9.17, 15) is 0 Å². The molecular weight excluding hydrogens is 266 g/mol. The summed E-state index contributed by atoms with van der Waals surface area (Å²) in [7, 11) is 0. The minimum atomic E-state index is 0.336. The summed E-state index contributed by atoms with van der Waals surface area (Å²) in [5.74, 6) is 0. The van der Waals surface area contributed by atoms with Crippen LogP contribution in [0.5, 0.6) is 0 Å². The highest BCUT2D eigenvalue weighted by atomic mass is 32.1. The first-order chi connectivity index (χ1) is 9.86. The molecule has 1 aromatic carbocycles. The van der Waals surface area contributed by atoms with Crippen molar-refractivity contribution in [3.8, 4) is 0 Å². The average molecular weight is 283 g/mol. The fourth-order valence-electron chi connectivity index (χ4n) is 2.30. The Balaban J connectivity index is 1.73. The average Bonchev–Trinajstić information content (AvgIpc) is 3.02. The number of nitrogens with one attached hydrogen (secondary N) is 1. The van der Waals surface area contributed by atoms with Crippen LogP contribution in [-0.2, 0) is 6.54 Å². The van der Waals surface area contributed by atoms with Gasteiger partial charge in [-0.2, -0.15) is 0 Å². The molecular formula is C16H17N3S. The van der Waals surface area contributed by atoms with E-state index in [0.717, 1.165) is 18.0 Å². The van der Waals surface area contributed by atoms with Crippen molar-refractivity contribution >= 4 is 22.1 Å². The Bertz CT molecular complexity index is 679. The van der Waals surface area contributed by atoms with Crippen molar-refractivity contribution < 1.29 is 0 Å². The van der Waals surface area contributed by atoms with E-state index >= 15 is 0 Å². The van der Waals surface area contributed by atoms with Crippen molar-refractivity contribution in [2.75, 3.05) is 0 Å². The van der Waals surface area contributed by atoms with Crippen LogP contribution in [-0.4, -0.2) is 9.97 Å². The Morgan fingerprint density at radius 1 is 1.20 bits per heavy atom. The first-order valence-corrected chi connectivity index (χ1v) is 7.70. The fourth-order valence-corrected chi connectivity index (χ4v) is 3.09. The standard InChI is InChI=1S/C16H17N3S/c1-2-15(16-18-7-8-20-16)19-10-12-3-4-14-11-17-6-5-13(14)9-12/h3-9,11,15,19H,2,10H2,1H3. The zero-order chi connectivity index (χ0) is 13.8. The number of thiazole rings is 1. The number of fused-ring (bicyclic) bond motifs is 1. The molecule has 0 aliphatic rings. The molecule has 4 heteroatoms. The first-order valence-electron chi connectivity index (χ1n) is 6.82. The van der Waals surface area contributed by atoms with Crippen molar-refractivity contribution in [3.63, 3.8) is 0 Å². The summed E-state index contributed by atoms with van der Waals surface area (Å²) in [5, 5.41) is 9.20. The van der Waals surface area contributed by atoms with Gasteiger partial charge in [-0.3, -0.25) is 4.98 Å². The van der Waals surface area contributed by atoms with Gasteiger partial charge < -0.3 is 5.32 Å². The predicted octanol–water partition coefficient (Wildman–Crippen LogP) is 3.93. The molecule has 1 atom stereocenters. The van der Waals surface area contributed by atoms with Gasteiger partial charge in [0.2, 0.25) is 0 Å². The molecule has 3 rings (SSSR count). The number of hydrogen-bond donors (Lipinski definition) is 1. The van der Waals surface area contributed by atoms with Gasteiger partial charge in [-0.05, 0) is 29.5 Å². The molecule has 0 aliphatic carbocycles. The van der Waals surface area contributed by atoms with Gasteiger partial charge >= 0.3 is 0 Å². The number of pyridine rings is 1. The molecule has 20 heavy (non-hydrogen) atoms. The number of rotatable bonds is 5. The van der Waals surface area contributed by atoms with Crippen LogP contribution in [0.15, 0.2) is 48.2 Å². The van der Waals surface area contributed by atoms with Crippen LogP contribution in [0.4, 0.5) is 0 Å². The Hall–Kier alpha value is -1.78. The van der Waals surface area contributed by atoms with Crippen LogP contribution in [0.3, 0.4) is 0 Å². The second-order valence-corrected chi connectivity index (χ2v) is 5.70. The molecule has 102 valence electrons. The Morgan fingerprint density at radius 2 is 2.15 bits per heavy atom. The SMILES string of the molecule is CCC(NCc1ccc2cnccc2c1)c1nccs1. The van der Waals surface area contributed by atoms with Gasteiger partial charge in [0, 0.05) is 35.9 Å². The maximum absolute atomic E-state index is 4.40. The van der Waals surface area contributed by atoms with E-state index in [1.807, 2.05) is 24.0 Å². The molecule has 0 aliphatic heterocycles. The smallest absolute Gasteiger partial charge is 0.109 e. The summed E-state index contributed by atoms with van der Waals surface area (Å²) in [6, 6.07) is 8.90. The Labute approximate surface area is 122 Å². The van der Waals surface area contributed by atoms with E-state index in [4.69, 9.17) is 0 Å². The summed E-state index contributed by atoms with van der Waals surface area (Å²) < 4.78 is 0. The molecule has 2 heterocycles. The van der Waals surface area contributed by atoms with Crippen molar-refractivity contribution in [3.05, 3.63) is 58.8 Å². The van der Waals surface area contributed by atoms with Crippen LogP contribution in [0, 0.1) is 0 Å². The minimum Gasteiger partial charge on any atom is -0.304 e. The van der Waals surface area contributed by atoms with E-state index in [1.165, 1.54) is 16.3 Å². The topological polar surface area (TPSA) is 37.8 Å². The lowest BCUT2D eigenvalue weighted by Gasteiger charge is -2.14. The second-order valence-electron chi connectivity index (χ2n) is 4.77. The van der Waals surface area contributed by atoms with Gasteiger partial charge in [-0.1, -0.05) is 19.1 Å². The molecule has 0 saturated heterocycles. The van der Waals surface area contributed by atoms with Gasteiger partial charge in [0.25, 0.3) is 0 Å². The molecule has 1 N–H and O–H groups in total. The third-order valence-electron chi connectivity index (χ3n) is 3.42. The maximum atomic E-state index is 4.40. The second kappa shape index (κ2) is 6.11. The molecule has 2 aromatic heterocycles. The molecule has 0 bridgehead atoms.